The summed E-state index contributed by atoms with van der Waals surface area (Å²) in [4.78, 5) is 12.9. The summed E-state index contributed by atoms with van der Waals surface area (Å²) in [5, 5.41) is 18.7. The quantitative estimate of drug-likeness (QED) is 0.640. The number of aliphatic hydroxyl groups excluding tert-OH is 2. The maximum Gasteiger partial charge on any atom is 0.225 e. The van der Waals surface area contributed by atoms with E-state index in [1.807, 2.05) is 13.8 Å². The van der Waals surface area contributed by atoms with Crippen molar-refractivity contribution in [3.63, 3.8) is 0 Å². The van der Waals surface area contributed by atoms with Gasteiger partial charge in [-0.1, -0.05) is 6.92 Å². The van der Waals surface area contributed by atoms with Gasteiger partial charge in [-0.05, 0) is 13.3 Å². The van der Waals surface area contributed by atoms with Crippen molar-refractivity contribution in [1.29, 1.82) is 0 Å². The van der Waals surface area contributed by atoms with Crippen molar-refractivity contribution in [2.45, 2.75) is 44.9 Å². The normalized spacial score (nSPS) is 27.8. The molecule has 3 atom stereocenters. The van der Waals surface area contributed by atoms with Crippen LogP contribution in [0.1, 0.15) is 26.7 Å². The van der Waals surface area contributed by atoms with Gasteiger partial charge in [0.2, 0.25) is 5.91 Å². The molecule has 1 rings (SSSR count). The average Bonchev–Trinajstić information content (AvgIpc) is 2.42. The van der Waals surface area contributed by atoms with Crippen molar-refractivity contribution in [3.8, 4) is 0 Å². The van der Waals surface area contributed by atoms with Gasteiger partial charge in [-0.25, -0.2) is 0 Å². The molecule has 0 bridgehead atoms. The average molecular weight is 187 g/mol. The number of hydrogen-bond donors (Lipinski definition) is 2. The zero-order chi connectivity index (χ0) is 10.0. The Balaban J connectivity index is 2.56. The molecule has 0 spiro atoms. The van der Waals surface area contributed by atoms with Crippen molar-refractivity contribution in [2.24, 2.45) is 0 Å². The SMILES string of the molecule is CCC(O)C(C)N1CC(O)CC1=O. The summed E-state index contributed by atoms with van der Waals surface area (Å²) in [6.07, 6.45) is -0.227. The molecule has 0 radical (unpaired) electrons. The van der Waals surface area contributed by atoms with Crippen LogP contribution in [0.3, 0.4) is 0 Å². The number of nitrogens with zero attached hydrogens (tertiary/aromatic N) is 1. The molecule has 0 aromatic rings. The molecule has 1 fully saturated rings. The maximum atomic E-state index is 11.3. The molecule has 4 heteroatoms. The smallest absolute Gasteiger partial charge is 0.225 e. The third-order valence-corrected chi connectivity index (χ3v) is 2.60. The first-order chi connectivity index (χ1) is 6.06. The number of β-amino-alcohol motifs (C(OH)–C–C–N with tert-alkyl or cyclic N) is 1. The molecule has 2 N–H and O–H groups in total. The monoisotopic (exact) mass is 187 g/mol. The van der Waals surface area contributed by atoms with Gasteiger partial charge >= 0.3 is 0 Å². The fourth-order valence-corrected chi connectivity index (χ4v) is 1.65. The molecule has 0 saturated carbocycles. The van der Waals surface area contributed by atoms with E-state index in [2.05, 4.69) is 0 Å². The largest absolute Gasteiger partial charge is 0.391 e. The second-order valence-electron chi connectivity index (χ2n) is 3.62. The molecule has 3 unspecified atom stereocenters. The minimum Gasteiger partial charge on any atom is -0.391 e. The van der Waals surface area contributed by atoms with Crippen molar-refractivity contribution in [1.82, 2.24) is 4.90 Å². The van der Waals surface area contributed by atoms with E-state index in [-0.39, 0.29) is 18.4 Å². The molecule has 1 aliphatic rings. The molecule has 76 valence electrons. The van der Waals surface area contributed by atoms with Crippen LogP contribution in [0.4, 0.5) is 0 Å². The first kappa shape index (κ1) is 10.5. The third-order valence-electron chi connectivity index (χ3n) is 2.60. The Morgan fingerprint density at radius 1 is 1.69 bits per heavy atom. The van der Waals surface area contributed by atoms with Crippen LogP contribution < -0.4 is 0 Å². The summed E-state index contributed by atoms with van der Waals surface area (Å²) in [5.41, 5.74) is 0. The Hall–Kier alpha value is -0.610. The lowest BCUT2D eigenvalue weighted by Gasteiger charge is -2.27. The molecular formula is C9H17NO3. The Labute approximate surface area is 78.2 Å². The van der Waals surface area contributed by atoms with E-state index in [1.165, 1.54) is 0 Å². The lowest BCUT2D eigenvalue weighted by atomic mass is 10.1. The minimum atomic E-state index is -0.556. The fourth-order valence-electron chi connectivity index (χ4n) is 1.65. The van der Waals surface area contributed by atoms with Crippen LogP contribution in [0, 0.1) is 0 Å². The topological polar surface area (TPSA) is 60.8 Å². The number of hydrogen-bond acceptors (Lipinski definition) is 3. The second-order valence-corrected chi connectivity index (χ2v) is 3.62. The molecule has 0 aliphatic carbocycles. The van der Waals surface area contributed by atoms with Gasteiger partial charge in [-0.15, -0.1) is 0 Å². The van der Waals surface area contributed by atoms with Crippen molar-refractivity contribution in [3.05, 3.63) is 0 Å². The summed E-state index contributed by atoms with van der Waals surface area (Å²) in [5.74, 6) is -0.0625. The molecule has 0 aromatic heterocycles. The Morgan fingerprint density at radius 2 is 2.31 bits per heavy atom. The van der Waals surface area contributed by atoms with Gasteiger partial charge in [0.05, 0.1) is 24.7 Å². The highest BCUT2D eigenvalue weighted by atomic mass is 16.3. The van der Waals surface area contributed by atoms with Crippen LogP contribution in [0.5, 0.6) is 0 Å². The van der Waals surface area contributed by atoms with E-state index >= 15 is 0 Å². The zero-order valence-corrected chi connectivity index (χ0v) is 8.10. The van der Waals surface area contributed by atoms with Gasteiger partial charge < -0.3 is 15.1 Å². The van der Waals surface area contributed by atoms with Gasteiger partial charge in [0, 0.05) is 6.54 Å². The van der Waals surface area contributed by atoms with Crippen LogP contribution in [-0.4, -0.2) is 45.8 Å². The van der Waals surface area contributed by atoms with Crippen LogP contribution in [0.15, 0.2) is 0 Å². The molecule has 1 amide bonds. The van der Waals surface area contributed by atoms with Crippen LogP contribution in [0.25, 0.3) is 0 Å². The van der Waals surface area contributed by atoms with E-state index in [9.17, 15) is 15.0 Å². The van der Waals surface area contributed by atoms with Crippen LogP contribution >= 0.6 is 0 Å². The highest BCUT2D eigenvalue weighted by Crippen LogP contribution is 2.17. The van der Waals surface area contributed by atoms with E-state index in [0.29, 0.717) is 13.0 Å². The van der Waals surface area contributed by atoms with Crippen molar-refractivity contribution >= 4 is 5.91 Å². The minimum absolute atomic E-state index is 0.0625. The predicted molar refractivity (Wildman–Crippen MR) is 48.1 cm³/mol. The van der Waals surface area contributed by atoms with E-state index in [0.717, 1.165) is 0 Å². The fraction of sp³-hybridized carbons (Fsp3) is 0.889. The Kier molecular flexibility index (Phi) is 3.27. The van der Waals surface area contributed by atoms with Crippen molar-refractivity contribution in [2.75, 3.05) is 6.54 Å². The number of carbonyl (C=O) groups is 1. The molecule has 4 nitrogen and oxygen atoms in total. The lowest BCUT2D eigenvalue weighted by molar-refractivity contribution is -0.131. The summed E-state index contributed by atoms with van der Waals surface area (Å²) >= 11 is 0. The summed E-state index contributed by atoms with van der Waals surface area (Å²) < 4.78 is 0. The summed E-state index contributed by atoms with van der Waals surface area (Å²) in [6.45, 7) is 4.04. The molecule has 1 saturated heterocycles. The number of rotatable bonds is 3. The molecule has 0 aromatic carbocycles. The summed E-state index contributed by atoms with van der Waals surface area (Å²) in [6, 6.07) is -0.186. The third kappa shape index (κ3) is 2.19. The van der Waals surface area contributed by atoms with Crippen LogP contribution in [-0.2, 0) is 4.79 Å². The number of aliphatic hydroxyl groups is 2. The lowest BCUT2D eigenvalue weighted by Crippen LogP contribution is -2.42. The first-order valence-corrected chi connectivity index (χ1v) is 4.71. The Bertz CT molecular complexity index is 195. The number of likely N-dealkylation sites (tertiary alicyclic amines) is 1. The van der Waals surface area contributed by atoms with Gasteiger partial charge in [-0.3, -0.25) is 4.79 Å². The number of carbonyl (C=O) groups excluding carboxylic acids is 1. The predicted octanol–water partition coefficient (Wildman–Crippen LogP) is -0.261. The van der Waals surface area contributed by atoms with E-state index in [1.54, 1.807) is 4.90 Å². The van der Waals surface area contributed by atoms with Gasteiger partial charge in [-0.2, -0.15) is 0 Å². The molecule has 1 aliphatic heterocycles. The van der Waals surface area contributed by atoms with Gasteiger partial charge in [0.1, 0.15) is 0 Å². The Morgan fingerprint density at radius 3 is 2.69 bits per heavy atom. The highest BCUT2D eigenvalue weighted by molar-refractivity contribution is 5.79. The maximum absolute atomic E-state index is 11.3. The van der Waals surface area contributed by atoms with Gasteiger partial charge in [0.25, 0.3) is 0 Å². The van der Waals surface area contributed by atoms with Gasteiger partial charge in [0.15, 0.2) is 0 Å². The van der Waals surface area contributed by atoms with Crippen LogP contribution in [0.2, 0.25) is 0 Å². The zero-order valence-electron chi connectivity index (χ0n) is 8.10. The molecule has 1 heterocycles. The molecular weight excluding hydrogens is 170 g/mol. The van der Waals surface area contributed by atoms with E-state index < -0.39 is 12.2 Å². The second kappa shape index (κ2) is 4.07. The first-order valence-electron chi connectivity index (χ1n) is 4.71. The standard InChI is InChI=1S/C9H17NO3/c1-3-8(12)6(2)10-5-7(11)4-9(10)13/h6-8,11-12H,3-5H2,1-2H3. The highest BCUT2D eigenvalue weighted by Gasteiger charge is 2.33. The molecule has 13 heavy (non-hydrogen) atoms. The summed E-state index contributed by atoms with van der Waals surface area (Å²) in [7, 11) is 0. The van der Waals surface area contributed by atoms with Crippen molar-refractivity contribution < 1.29 is 15.0 Å². The number of amides is 1. The van der Waals surface area contributed by atoms with E-state index in [4.69, 9.17) is 0 Å².